The van der Waals surface area contributed by atoms with Gasteiger partial charge in [-0.25, -0.2) is 9.97 Å². The SMILES string of the molecule is CCOc1ccc(Nc2nc(-c3ccc(C)cc3)nc3ccccc23)cc1. The van der Waals surface area contributed by atoms with Crippen molar-refractivity contribution in [2.75, 3.05) is 11.9 Å². The van der Waals surface area contributed by atoms with E-state index in [1.165, 1.54) is 5.56 Å². The van der Waals surface area contributed by atoms with Crippen LogP contribution in [-0.2, 0) is 0 Å². The number of fused-ring (bicyclic) bond motifs is 1. The molecule has 0 aliphatic carbocycles. The molecule has 134 valence electrons. The van der Waals surface area contributed by atoms with Gasteiger partial charge in [0.2, 0.25) is 0 Å². The Bertz CT molecular complexity index is 1060. The fourth-order valence-electron chi connectivity index (χ4n) is 2.94. The molecule has 0 amide bonds. The first kappa shape index (κ1) is 17.0. The van der Waals surface area contributed by atoms with Crippen LogP contribution in [0, 0.1) is 6.92 Å². The van der Waals surface area contributed by atoms with Gasteiger partial charge in [0.25, 0.3) is 0 Å². The molecule has 1 heterocycles. The minimum absolute atomic E-state index is 0.656. The van der Waals surface area contributed by atoms with E-state index in [2.05, 4.69) is 36.5 Å². The topological polar surface area (TPSA) is 47.0 Å². The molecule has 4 nitrogen and oxygen atoms in total. The van der Waals surface area contributed by atoms with Crippen LogP contribution in [-0.4, -0.2) is 16.6 Å². The number of nitrogens with zero attached hydrogens (tertiary/aromatic N) is 2. The number of anilines is 2. The Balaban J connectivity index is 1.75. The summed E-state index contributed by atoms with van der Waals surface area (Å²) < 4.78 is 5.51. The van der Waals surface area contributed by atoms with E-state index in [1.54, 1.807) is 0 Å². The van der Waals surface area contributed by atoms with Gasteiger partial charge in [-0.05, 0) is 50.2 Å². The molecule has 0 aliphatic rings. The van der Waals surface area contributed by atoms with Gasteiger partial charge in [-0.2, -0.15) is 0 Å². The van der Waals surface area contributed by atoms with Gasteiger partial charge >= 0.3 is 0 Å². The largest absolute Gasteiger partial charge is 0.494 e. The summed E-state index contributed by atoms with van der Waals surface area (Å²) in [5.41, 5.74) is 4.09. The number of ether oxygens (including phenoxy) is 1. The summed E-state index contributed by atoms with van der Waals surface area (Å²) in [5.74, 6) is 2.36. The number of para-hydroxylation sites is 1. The summed E-state index contributed by atoms with van der Waals surface area (Å²) in [7, 11) is 0. The summed E-state index contributed by atoms with van der Waals surface area (Å²) in [6.07, 6.45) is 0. The quantitative estimate of drug-likeness (QED) is 0.495. The van der Waals surface area contributed by atoms with E-state index in [9.17, 15) is 0 Å². The van der Waals surface area contributed by atoms with Crippen LogP contribution in [0.2, 0.25) is 0 Å². The Morgan fingerprint density at radius 3 is 2.33 bits per heavy atom. The van der Waals surface area contributed by atoms with Crippen LogP contribution >= 0.6 is 0 Å². The minimum atomic E-state index is 0.656. The molecule has 3 aromatic carbocycles. The average molecular weight is 355 g/mol. The van der Waals surface area contributed by atoms with Gasteiger partial charge in [0.15, 0.2) is 5.82 Å². The second-order valence-corrected chi connectivity index (χ2v) is 6.36. The monoisotopic (exact) mass is 355 g/mol. The van der Waals surface area contributed by atoms with E-state index in [4.69, 9.17) is 14.7 Å². The standard InChI is InChI=1S/C23H21N3O/c1-3-27-19-14-12-18(13-15-19)24-23-20-6-4-5-7-21(20)25-22(26-23)17-10-8-16(2)9-11-17/h4-15H,3H2,1-2H3,(H,24,25,26). The second kappa shape index (κ2) is 7.46. The van der Waals surface area contributed by atoms with Crippen molar-refractivity contribution in [3.63, 3.8) is 0 Å². The van der Waals surface area contributed by atoms with Crippen molar-refractivity contribution < 1.29 is 4.74 Å². The highest BCUT2D eigenvalue weighted by atomic mass is 16.5. The van der Waals surface area contributed by atoms with Crippen molar-refractivity contribution >= 4 is 22.4 Å². The number of aryl methyl sites for hydroxylation is 1. The first-order chi connectivity index (χ1) is 13.2. The zero-order valence-corrected chi connectivity index (χ0v) is 15.4. The molecule has 0 atom stereocenters. The van der Waals surface area contributed by atoms with Crippen molar-refractivity contribution in [1.82, 2.24) is 9.97 Å². The number of rotatable bonds is 5. The van der Waals surface area contributed by atoms with Gasteiger partial charge in [0.05, 0.1) is 12.1 Å². The molecular weight excluding hydrogens is 334 g/mol. The maximum Gasteiger partial charge on any atom is 0.162 e. The maximum absolute atomic E-state index is 5.51. The molecule has 0 aliphatic heterocycles. The highest BCUT2D eigenvalue weighted by molar-refractivity contribution is 5.92. The van der Waals surface area contributed by atoms with Crippen LogP contribution < -0.4 is 10.1 Å². The predicted molar refractivity (Wildman–Crippen MR) is 111 cm³/mol. The molecule has 0 radical (unpaired) electrons. The maximum atomic E-state index is 5.51. The zero-order chi connectivity index (χ0) is 18.6. The first-order valence-corrected chi connectivity index (χ1v) is 9.06. The van der Waals surface area contributed by atoms with Crippen molar-refractivity contribution in [2.24, 2.45) is 0 Å². The lowest BCUT2D eigenvalue weighted by atomic mass is 10.1. The van der Waals surface area contributed by atoms with Crippen LogP contribution in [0.4, 0.5) is 11.5 Å². The lowest BCUT2D eigenvalue weighted by Crippen LogP contribution is -1.99. The Labute approximate surface area is 158 Å². The zero-order valence-electron chi connectivity index (χ0n) is 15.4. The molecule has 27 heavy (non-hydrogen) atoms. The van der Waals surface area contributed by atoms with Crippen molar-refractivity contribution in [2.45, 2.75) is 13.8 Å². The van der Waals surface area contributed by atoms with E-state index in [0.717, 1.165) is 33.7 Å². The Morgan fingerprint density at radius 1 is 0.852 bits per heavy atom. The predicted octanol–water partition coefficient (Wildman–Crippen LogP) is 5.75. The molecule has 0 unspecified atom stereocenters. The van der Waals surface area contributed by atoms with Crippen LogP contribution in [0.25, 0.3) is 22.3 Å². The van der Waals surface area contributed by atoms with Crippen molar-refractivity contribution in [1.29, 1.82) is 0 Å². The van der Waals surface area contributed by atoms with Gasteiger partial charge in [0.1, 0.15) is 11.6 Å². The van der Waals surface area contributed by atoms with Gasteiger partial charge < -0.3 is 10.1 Å². The summed E-state index contributed by atoms with van der Waals surface area (Å²) in [6, 6.07) is 24.2. The number of benzene rings is 3. The molecule has 1 aromatic heterocycles. The molecule has 4 aromatic rings. The third kappa shape index (κ3) is 3.75. The van der Waals surface area contributed by atoms with Gasteiger partial charge in [-0.15, -0.1) is 0 Å². The van der Waals surface area contributed by atoms with E-state index < -0.39 is 0 Å². The van der Waals surface area contributed by atoms with Gasteiger partial charge in [0, 0.05) is 16.6 Å². The molecular formula is C23H21N3O. The van der Waals surface area contributed by atoms with Crippen molar-refractivity contribution in [3.8, 4) is 17.1 Å². The van der Waals surface area contributed by atoms with Gasteiger partial charge in [-0.3, -0.25) is 0 Å². The summed E-state index contributed by atoms with van der Waals surface area (Å²) >= 11 is 0. The normalized spacial score (nSPS) is 10.7. The first-order valence-electron chi connectivity index (χ1n) is 9.06. The summed E-state index contributed by atoms with van der Waals surface area (Å²) in [6.45, 7) is 4.71. The van der Waals surface area contributed by atoms with E-state index in [-0.39, 0.29) is 0 Å². The third-order valence-corrected chi connectivity index (χ3v) is 4.34. The Morgan fingerprint density at radius 2 is 1.59 bits per heavy atom. The average Bonchev–Trinajstić information content (AvgIpc) is 2.70. The Kier molecular flexibility index (Phi) is 4.71. The van der Waals surface area contributed by atoms with E-state index in [1.807, 2.05) is 55.5 Å². The molecule has 0 bridgehead atoms. The van der Waals surface area contributed by atoms with E-state index >= 15 is 0 Å². The highest BCUT2D eigenvalue weighted by Crippen LogP contribution is 2.28. The minimum Gasteiger partial charge on any atom is -0.494 e. The smallest absolute Gasteiger partial charge is 0.162 e. The molecule has 0 saturated heterocycles. The van der Waals surface area contributed by atoms with Crippen LogP contribution in [0.15, 0.2) is 72.8 Å². The third-order valence-electron chi connectivity index (χ3n) is 4.34. The summed E-state index contributed by atoms with van der Waals surface area (Å²) in [4.78, 5) is 9.55. The molecule has 1 N–H and O–H groups in total. The molecule has 0 fully saturated rings. The van der Waals surface area contributed by atoms with Crippen LogP contribution in [0.5, 0.6) is 5.75 Å². The number of hydrogen-bond acceptors (Lipinski definition) is 4. The Hall–Kier alpha value is -3.40. The fourth-order valence-corrected chi connectivity index (χ4v) is 2.94. The highest BCUT2D eigenvalue weighted by Gasteiger charge is 2.10. The fraction of sp³-hybridized carbons (Fsp3) is 0.130. The number of aromatic nitrogens is 2. The molecule has 0 spiro atoms. The molecule has 4 rings (SSSR count). The molecule has 0 saturated carbocycles. The van der Waals surface area contributed by atoms with Crippen LogP contribution in [0.1, 0.15) is 12.5 Å². The number of nitrogens with one attached hydrogen (secondary N) is 1. The lowest BCUT2D eigenvalue weighted by molar-refractivity contribution is 0.340. The summed E-state index contributed by atoms with van der Waals surface area (Å²) in [5, 5.41) is 4.42. The molecule has 4 heteroatoms. The lowest BCUT2D eigenvalue weighted by Gasteiger charge is -2.12. The van der Waals surface area contributed by atoms with Crippen molar-refractivity contribution in [3.05, 3.63) is 78.4 Å². The second-order valence-electron chi connectivity index (χ2n) is 6.36. The van der Waals surface area contributed by atoms with Gasteiger partial charge in [-0.1, -0.05) is 42.0 Å². The van der Waals surface area contributed by atoms with E-state index in [0.29, 0.717) is 12.4 Å². The van der Waals surface area contributed by atoms with Crippen LogP contribution in [0.3, 0.4) is 0 Å². The number of hydrogen-bond donors (Lipinski definition) is 1.